The van der Waals surface area contributed by atoms with E-state index < -0.39 is 0 Å². The molecule has 0 atom stereocenters. The first-order valence-corrected chi connectivity index (χ1v) is 8.41. The first-order valence-electron chi connectivity index (χ1n) is 7.62. The third-order valence-corrected chi connectivity index (χ3v) is 4.12. The van der Waals surface area contributed by atoms with Crippen LogP contribution >= 0.6 is 15.9 Å². The van der Waals surface area contributed by atoms with Crippen LogP contribution in [-0.4, -0.2) is 10.8 Å². The van der Waals surface area contributed by atoms with Gasteiger partial charge >= 0.3 is 0 Å². The minimum Gasteiger partial charge on any atom is -0.472 e. The van der Waals surface area contributed by atoms with Crippen molar-refractivity contribution in [1.82, 2.24) is 4.98 Å². The SMILES string of the molecule is O=C(Cc1ccccc1)c1cnc(OCc2ccccc2)c(Br)c1. The number of pyridine rings is 1. The molecule has 0 bridgehead atoms. The Kier molecular flexibility index (Phi) is 5.39. The lowest BCUT2D eigenvalue weighted by atomic mass is 10.0. The Labute approximate surface area is 149 Å². The van der Waals surface area contributed by atoms with Crippen LogP contribution in [0.5, 0.6) is 5.88 Å². The number of ether oxygens (including phenoxy) is 1. The van der Waals surface area contributed by atoms with Crippen molar-refractivity contribution in [2.45, 2.75) is 13.0 Å². The molecule has 120 valence electrons. The quantitative estimate of drug-likeness (QED) is 0.573. The topological polar surface area (TPSA) is 39.2 Å². The summed E-state index contributed by atoms with van der Waals surface area (Å²) < 4.78 is 6.38. The zero-order valence-corrected chi connectivity index (χ0v) is 14.6. The highest BCUT2D eigenvalue weighted by Crippen LogP contribution is 2.24. The van der Waals surface area contributed by atoms with Gasteiger partial charge in [0.05, 0.1) is 4.47 Å². The van der Waals surface area contributed by atoms with Gasteiger partial charge in [-0.25, -0.2) is 4.98 Å². The average molecular weight is 382 g/mol. The molecule has 0 aliphatic carbocycles. The van der Waals surface area contributed by atoms with E-state index in [2.05, 4.69) is 20.9 Å². The predicted octanol–water partition coefficient (Wildman–Crippen LogP) is 4.85. The van der Waals surface area contributed by atoms with Crippen LogP contribution in [0, 0.1) is 0 Å². The van der Waals surface area contributed by atoms with Gasteiger partial charge in [0.1, 0.15) is 6.61 Å². The molecule has 3 nitrogen and oxygen atoms in total. The van der Waals surface area contributed by atoms with Gasteiger partial charge in [0.2, 0.25) is 5.88 Å². The molecule has 0 fully saturated rings. The van der Waals surface area contributed by atoms with E-state index in [1.807, 2.05) is 60.7 Å². The molecule has 3 rings (SSSR count). The maximum absolute atomic E-state index is 12.4. The van der Waals surface area contributed by atoms with Gasteiger partial charge in [0, 0.05) is 18.2 Å². The lowest BCUT2D eigenvalue weighted by Crippen LogP contribution is -2.05. The smallest absolute Gasteiger partial charge is 0.228 e. The molecule has 0 saturated carbocycles. The molecular formula is C20H16BrNO2. The molecule has 4 heteroatoms. The van der Waals surface area contributed by atoms with Crippen LogP contribution in [0.4, 0.5) is 0 Å². The summed E-state index contributed by atoms with van der Waals surface area (Å²) in [4.78, 5) is 16.6. The molecule has 1 aromatic heterocycles. The number of rotatable bonds is 6. The van der Waals surface area contributed by atoms with E-state index in [9.17, 15) is 4.79 Å². The van der Waals surface area contributed by atoms with Crippen LogP contribution in [0.15, 0.2) is 77.4 Å². The Bertz CT molecular complexity index is 820. The van der Waals surface area contributed by atoms with Crippen molar-refractivity contribution >= 4 is 21.7 Å². The molecule has 0 spiro atoms. The van der Waals surface area contributed by atoms with Crippen molar-refractivity contribution in [1.29, 1.82) is 0 Å². The van der Waals surface area contributed by atoms with Crippen molar-refractivity contribution < 1.29 is 9.53 Å². The highest BCUT2D eigenvalue weighted by atomic mass is 79.9. The maximum Gasteiger partial charge on any atom is 0.228 e. The largest absolute Gasteiger partial charge is 0.472 e. The Morgan fingerprint density at radius 3 is 2.21 bits per heavy atom. The van der Waals surface area contributed by atoms with Crippen LogP contribution in [-0.2, 0) is 13.0 Å². The number of ketones is 1. The molecule has 0 saturated heterocycles. The summed E-state index contributed by atoms with van der Waals surface area (Å²) in [6.07, 6.45) is 1.93. The van der Waals surface area contributed by atoms with Gasteiger partial charge in [0.25, 0.3) is 0 Å². The summed E-state index contributed by atoms with van der Waals surface area (Å²) in [5.74, 6) is 0.513. The number of carbonyl (C=O) groups excluding carboxylic acids is 1. The van der Waals surface area contributed by atoms with Crippen LogP contribution in [0.25, 0.3) is 0 Å². The van der Waals surface area contributed by atoms with Crippen molar-refractivity contribution in [3.8, 4) is 5.88 Å². The zero-order chi connectivity index (χ0) is 16.8. The van der Waals surface area contributed by atoms with E-state index in [0.29, 0.717) is 28.9 Å². The number of hydrogen-bond donors (Lipinski definition) is 0. The standard InChI is InChI=1S/C20H16BrNO2/c21-18-12-17(19(23)11-15-7-3-1-4-8-15)13-22-20(18)24-14-16-9-5-2-6-10-16/h1-10,12-13H,11,14H2. The molecule has 0 N–H and O–H groups in total. The molecule has 0 aliphatic heterocycles. The average Bonchev–Trinajstić information content (AvgIpc) is 2.62. The Morgan fingerprint density at radius 1 is 0.958 bits per heavy atom. The van der Waals surface area contributed by atoms with Crippen molar-refractivity contribution in [3.05, 3.63) is 94.1 Å². The van der Waals surface area contributed by atoms with Gasteiger partial charge < -0.3 is 4.74 Å². The number of hydrogen-bond acceptors (Lipinski definition) is 3. The number of nitrogens with zero attached hydrogens (tertiary/aromatic N) is 1. The van der Waals surface area contributed by atoms with Gasteiger partial charge in [-0.1, -0.05) is 60.7 Å². The third kappa shape index (κ3) is 4.30. The van der Waals surface area contributed by atoms with Crippen molar-refractivity contribution in [2.24, 2.45) is 0 Å². The number of halogens is 1. The fraction of sp³-hybridized carbons (Fsp3) is 0.100. The van der Waals surface area contributed by atoms with Gasteiger partial charge in [-0.3, -0.25) is 4.79 Å². The second-order valence-electron chi connectivity index (χ2n) is 5.37. The van der Waals surface area contributed by atoms with Gasteiger partial charge in [0.15, 0.2) is 5.78 Å². The zero-order valence-electron chi connectivity index (χ0n) is 13.0. The lowest BCUT2D eigenvalue weighted by molar-refractivity contribution is 0.0992. The van der Waals surface area contributed by atoms with E-state index in [1.54, 1.807) is 12.3 Å². The monoisotopic (exact) mass is 381 g/mol. The number of carbonyl (C=O) groups is 1. The number of aromatic nitrogens is 1. The Balaban J connectivity index is 1.67. The summed E-state index contributed by atoms with van der Waals surface area (Å²) in [6.45, 7) is 0.434. The highest BCUT2D eigenvalue weighted by Gasteiger charge is 2.11. The predicted molar refractivity (Wildman–Crippen MR) is 97.2 cm³/mol. The van der Waals surface area contributed by atoms with Gasteiger partial charge in [-0.15, -0.1) is 0 Å². The Morgan fingerprint density at radius 2 is 1.58 bits per heavy atom. The Hall–Kier alpha value is -2.46. The summed E-state index contributed by atoms with van der Waals surface area (Å²) in [7, 11) is 0. The van der Waals surface area contributed by atoms with Gasteiger partial charge in [-0.2, -0.15) is 0 Å². The fourth-order valence-corrected chi connectivity index (χ4v) is 2.76. The number of benzene rings is 2. The molecule has 24 heavy (non-hydrogen) atoms. The van der Waals surface area contributed by atoms with Crippen molar-refractivity contribution in [3.63, 3.8) is 0 Å². The molecule has 1 heterocycles. The normalized spacial score (nSPS) is 10.4. The minimum absolute atomic E-state index is 0.0315. The maximum atomic E-state index is 12.4. The lowest BCUT2D eigenvalue weighted by Gasteiger charge is -2.08. The van der Waals surface area contributed by atoms with E-state index in [0.717, 1.165) is 11.1 Å². The summed E-state index contributed by atoms with van der Waals surface area (Å²) >= 11 is 3.43. The molecular weight excluding hydrogens is 366 g/mol. The first-order chi connectivity index (χ1) is 11.7. The molecule has 0 amide bonds. The molecule has 0 unspecified atom stereocenters. The number of Topliss-reactive ketones (excluding diaryl/α,β-unsaturated/α-hetero) is 1. The molecule has 0 aliphatic rings. The van der Waals surface area contributed by atoms with Crippen molar-refractivity contribution in [2.75, 3.05) is 0 Å². The van der Waals surface area contributed by atoms with E-state index >= 15 is 0 Å². The molecule has 3 aromatic rings. The van der Waals surface area contributed by atoms with E-state index in [-0.39, 0.29) is 5.78 Å². The first kappa shape index (κ1) is 16.4. The van der Waals surface area contributed by atoms with Gasteiger partial charge in [-0.05, 0) is 33.1 Å². The second-order valence-corrected chi connectivity index (χ2v) is 6.23. The van der Waals surface area contributed by atoms with Crippen LogP contribution in [0.1, 0.15) is 21.5 Å². The molecule has 0 radical (unpaired) electrons. The second kappa shape index (κ2) is 7.88. The summed E-state index contributed by atoms with van der Waals surface area (Å²) in [5, 5.41) is 0. The minimum atomic E-state index is 0.0315. The third-order valence-electron chi connectivity index (χ3n) is 3.56. The van der Waals surface area contributed by atoms with Crippen LogP contribution < -0.4 is 4.74 Å². The van der Waals surface area contributed by atoms with Crippen LogP contribution in [0.2, 0.25) is 0 Å². The fourth-order valence-electron chi connectivity index (χ4n) is 2.29. The van der Waals surface area contributed by atoms with Crippen LogP contribution in [0.3, 0.4) is 0 Å². The summed E-state index contributed by atoms with van der Waals surface area (Å²) in [6, 6.07) is 21.3. The highest BCUT2D eigenvalue weighted by molar-refractivity contribution is 9.10. The van der Waals surface area contributed by atoms with E-state index in [1.165, 1.54) is 0 Å². The summed E-state index contributed by atoms with van der Waals surface area (Å²) in [5.41, 5.74) is 2.62. The van der Waals surface area contributed by atoms with E-state index in [4.69, 9.17) is 4.74 Å². The molecule has 2 aromatic carbocycles.